The highest BCUT2D eigenvalue weighted by atomic mass is 16.5. The average molecular weight is 284 g/mol. The Bertz CT molecular complexity index is 577. The zero-order valence-electron chi connectivity index (χ0n) is 13.0. The van der Waals surface area contributed by atoms with Gasteiger partial charge in [-0.15, -0.1) is 0 Å². The molecule has 0 saturated heterocycles. The van der Waals surface area contributed by atoms with E-state index in [1.807, 2.05) is 6.26 Å². The minimum Gasteiger partial charge on any atom is -0.497 e. The molecule has 0 bridgehead atoms. The van der Waals surface area contributed by atoms with Gasteiger partial charge in [0.1, 0.15) is 11.4 Å². The van der Waals surface area contributed by atoms with E-state index in [4.69, 9.17) is 9.47 Å². The first-order valence-corrected chi connectivity index (χ1v) is 8.21. The minimum absolute atomic E-state index is 0.0693. The lowest BCUT2D eigenvalue weighted by atomic mass is 9.57. The van der Waals surface area contributed by atoms with E-state index in [-0.39, 0.29) is 5.60 Å². The van der Waals surface area contributed by atoms with E-state index in [0.29, 0.717) is 11.8 Å². The molecule has 2 nitrogen and oxygen atoms in total. The molecule has 1 aromatic rings. The molecule has 0 N–H and O–H groups in total. The summed E-state index contributed by atoms with van der Waals surface area (Å²) in [5.41, 5.74) is 3.15. The third kappa shape index (κ3) is 1.99. The molecular formula is C19H24O2. The summed E-state index contributed by atoms with van der Waals surface area (Å²) in [6, 6.07) is 6.69. The second kappa shape index (κ2) is 4.79. The van der Waals surface area contributed by atoms with Gasteiger partial charge in [0.05, 0.1) is 13.4 Å². The highest BCUT2D eigenvalue weighted by molar-refractivity contribution is 5.40. The van der Waals surface area contributed by atoms with Crippen LogP contribution in [0.15, 0.2) is 30.5 Å². The van der Waals surface area contributed by atoms with Crippen LogP contribution in [0.4, 0.5) is 0 Å². The van der Waals surface area contributed by atoms with Crippen molar-refractivity contribution in [1.29, 1.82) is 0 Å². The van der Waals surface area contributed by atoms with Crippen LogP contribution in [0.2, 0.25) is 0 Å². The van der Waals surface area contributed by atoms with E-state index in [1.54, 1.807) is 12.7 Å². The summed E-state index contributed by atoms with van der Waals surface area (Å²) in [5, 5.41) is 0. The van der Waals surface area contributed by atoms with Gasteiger partial charge in [0.15, 0.2) is 0 Å². The van der Waals surface area contributed by atoms with Crippen molar-refractivity contribution in [2.45, 2.75) is 50.5 Å². The van der Waals surface area contributed by atoms with Crippen LogP contribution < -0.4 is 4.74 Å². The summed E-state index contributed by atoms with van der Waals surface area (Å²) < 4.78 is 11.4. The lowest BCUT2D eigenvalue weighted by molar-refractivity contribution is -0.0886. The summed E-state index contributed by atoms with van der Waals surface area (Å²) in [4.78, 5) is 0. The van der Waals surface area contributed by atoms with E-state index in [9.17, 15) is 0 Å². The largest absolute Gasteiger partial charge is 0.497 e. The van der Waals surface area contributed by atoms with Crippen LogP contribution in [-0.2, 0) is 11.2 Å². The van der Waals surface area contributed by atoms with Crippen LogP contribution in [0, 0.1) is 11.8 Å². The molecule has 4 atom stereocenters. The van der Waals surface area contributed by atoms with E-state index < -0.39 is 0 Å². The fraction of sp³-hybridized carbons (Fsp3) is 0.579. The van der Waals surface area contributed by atoms with Crippen LogP contribution in [0.5, 0.6) is 5.75 Å². The Hall–Kier alpha value is -1.44. The molecule has 112 valence electrons. The molecule has 0 spiro atoms. The Morgan fingerprint density at radius 3 is 3.05 bits per heavy atom. The van der Waals surface area contributed by atoms with Gasteiger partial charge in [0.25, 0.3) is 0 Å². The molecular weight excluding hydrogens is 260 g/mol. The maximum absolute atomic E-state index is 6.04. The van der Waals surface area contributed by atoms with Crippen molar-refractivity contribution in [3.05, 3.63) is 41.7 Å². The van der Waals surface area contributed by atoms with Crippen LogP contribution in [0.1, 0.15) is 49.7 Å². The van der Waals surface area contributed by atoms with Gasteiger partial charge in [-0.25, -0.2) is 0 Å². The van der Waals surface area contributed by atoms with E-state index in [1.165, 1.54) is 37.7 Å². The molecule has 0 amide bonds. The molecule has 0 aromatic heterocycles. The maximum Gasteiger partial charge on any atom is 0.119 e. The highest BCUT2D eigenvalue weighted by Gasteiger charge is 2.49. The molecule has 0 radical (unpaired) electrons. The van der Waals surface area contributed by atoms with Gasteiger partial charge in [0.2, 0.25) is 0 Å². The minimum atomic E-state index is 0.0693. The molecule has 2 unspecified atom stereocenters. The number of fused-ring (bicyclic) bond motifs is 5. The van der Waals surface area contributed by atoms with Crippen LogP contribution in [0.25, 0.3) is 0 Å². The fourth-order valence-electron chi connectivity index (χ4n) is 4.95. The predicted molar refractivity (Wildman–Crippen MR) is 83.5 cm³/mol. The van der Waals surface area contributed by atoms with E-state index in [0.717, 1.165) is 11.7 Å². The number of rotatable bonds is 1. The number of ether oxygens (including phenoxy) is 2. The molecule has 1 heterocycles. The molecule has 1 aliphatic heterocycles. The molecule has 2 heteroatoms. The number of aryl methyl sites for hydroxylation is 1. The second-order valence-electron chi connectivity index (χ2n) is 7.06. The fourth-order valence-corrected chi connectivity index (χ4v) is 4.95. The van der Waals surface area contributed by atoms with Crippen LogP contribution in [-0.4, -0.2) is 12.7 Å². The Labute approximate surface area is 127 Å². The molecule has 2 aliphatic carbocycles. The van der Waals surface area contributed by atoms with Crippen molar-refractivity contribution in [3.63, 3.8) is 0 Å². The Morgan fingerprint density at radius 2 is 2.19 bits per heavy atom. The Balaban J connectivity index is 1.69. The van der Waals surface area contributed by atoms with Crippen molar-refractivity contribution in [2.24, 2.45) is 11.8 Å². The standard InChI is InChI=1S/C19H24O2/c1-19-10-9-16-15-8-6-14(20-2)12-13(15)5-7-17(16)18(19)4-3-11-21-19/h3,6,8,11-12,16-18H,4-5,7,9-10H2,1-2H3/t16?,17?,18-,19-/m0/s1. The van der Waals surface area contributed by atoms with Gasteiger partial charge in [-0.05, 0) is 80.2 Å². The summed E-state index contributed by atoms with van der Waals surface area (Å²) >= 11 is 0. The van der Waals surface area contributed by atoms with Gasteiger partial charge in [-0.1, -0.05) is 6.07 Å². The SMILES string of the molecule is COc1ccc2c(c1)CCC1C2CC[C@]2(C)OC=CC[C@@H]12. The zero-order chi connectivity index (χ0) is 14.4. The van der Waals surface area contributed by atoms with E-state index >= 15 is 0 Å². The molecule has 1 aromatic carbocycles. The first-order valence-electron chi connectivity index (χ1n) is 8.21. The smallest absolute Gasteiger partial charge is 0.119 e. The number of hydrogen-bond acceptors (Lipinski definition) is 2. The number of allylic oxidation sites excluding steroid dienone is 1. The summed E-state index contributed by atoms with van der Waals surface area (Å²) in [6.45, 7) is 2.32. The van der Waals surface area contributed by atoms with Gasteiger partial charge < -0.3 is 9.47 Å². The number of benzene rings is 1. The van der Waals surface area contributed by atoms with Gasteiger partial charge in [-0.3, -0.25) is 0 Å². The van der Waals surface area contributed by atoms with Crippen molar-refractivity contribution < 1.29 is 9.47 Å². The van der Waals surface area contributed by atoms with Crippen LogP contribution in [0.3, 0.4) is 0 Å². The van der Waals surface area contributed by atoms with Gasteiger partial charge >= 0.3 is 0 Å². The van der Waals surface area contributed by atoms with Crippen molar-refractivity contribution in [2.75, 3.05) is 7.11 Å². The highest BCUT2D eigenvalue weighted by Crippen LogP contribution is 2.54. The summed E-state index contributed by atoms with van der Waals surface area (Å²) in [6.07, 6.45) is 10.2. The molecule has 21 heavy (non-hydrogen) atoms. The maximum atomic E-state index is 6.04. The van der Waals surface area contributed by atoms with Crippen molar-refractivity contribution in [1.82, 2.24) is 0 Å². The van der Waals surface area contributed by atoms with Gasteiger partial charge in [-0.2, -0.15) is 0 Å². The quantitative estimate of drug-likeness (QED) is 0.759. The van der Waals surface area contributed by atoms with E-state index in [2.05, 4.69) is 31.2 Å². The molecule has 1 fully saturated rings. The first-order chi connectivity index (χ1) is 10.2. The third-order valence-electron chi connectivity index (χ3n) is 6.09. The number of hydrogen-bond donors (Lipinski definition) is 0. The van der Waals surface area contributed by atoms with Crippen LogP contribution >= 0.6 is 0 Å². The normalized spacial score (nSPS) is 37.0. The summed E-state index contributed by atoms with van der Waals surface area (Å²) in [5.74, 6) is 3.16. The van der Waals surface area contributed by atoms with Crippen molar-refractivity contribution in [3.8, 4) is 5.75 Å². The zero-order valence-corrected chi connectivity index (χ0v) is 13.0. The average Bonchev–Trinajstić information content (AvgIpc) is 2.53. The Morgan fingerprint density at radius 1 is 1.29 bits per heavy atom. The second-order valence-corrected chi connectivity index (χ2v) is 7.06. The molecule has 4 rings (SSSR count). The first kappa shape index (κ1) is 13.2. The van der Waals surface area contributed by atoms with Gasteiger partial charge in [0, 0.05) is 5.92 Å². The lowest BCUT2D eigenvalue weighted by Gasteiger charge is -2.52. The van der Waals surface area contributed by atoms with Crippen molar-refractivity contribution >= 4 is 0 Å². The topological polar surface area (TPSA) is 18.5 Å². The Kier molecular flexibility index (Phi) is 3.02. The lowest BCUT2D eigenvalue weighted by Crippen LogP contribution is -2.49. The number of methoxy groups -OCH3 is 1. The third-order valence-corrected chi connectivity index (χ3v) is 6.09. The predicted octanol–water partition coefficient (Wildman–Crippen LogP) is 4.44. The summed E-state index contributed by atoms with van der Waals surface area (Å²) in [7, 11) is 1.76. The molecule has 3 aliphatic rings. The molecule has 1 saturated carbocycles. The monoisotopic (exact) mass is 284 g/mol.